The molecule has 2 bridgehead atoms. The Morgan fingerprint density at radius 1 is 0.906 bits per heavy atom. The normalized spacial score (nSPS) is 19.2. The molecule has 3 aromatic rings. The topological polar surface area (TPSA) is 71.4 Å². The smallest absolute Gasteiger partial charge is 0.253 e. The lowest BCUT2D eigenvalue weighted by Crippen LogP contribution is -2.49. The van der Waals surface area contributed by atoms with E-state index in [1.165, 1.54) is 6.92 Å². The maximum atomic E-state index is 13.1. The Labute approximate surface area is 186 Å². The maximum absolute atomic E-state index is 13.1. The van der Waals surface area contributed by atoms with Crippen LogP contribution in [0.25, 0.3) is 11.1 Å². The summed E-state index contributed by atoms with van der Waals surface area (Å²) in [7, 11) is 0. The van der Waals surface area contributed by atoms with Gasteiger partial charge in [-0.1, -0.05) is 30.3 Å². The van der Waals surface area contributed by atoms with Crippen LogP contribution in [0.4, 0.5) is 5.69 Å². The van der Waals surface area contributed by atoms with Gasteiger partial charge < -0.3 is 14.8 Å². The molecule has 1 N–H and O–H groups in total. The van der Waals surface area contributed by atoms with Crippen molar-refractivity contribution in [2.75, 3.05) is 18.4 Å². The monoisotopic (exact) mass is 427 g/mol. The second kappa shape index (κ2) is 8.11. The number of anilines is 1. The molecule has 0 radical (unpaired) electrons. The highest BCUT2D eigenvalue weighted by Crippen LogP contribution is 2.40. The van der Waals surface area contributed by atoms with Crippen molar-refractivity contribution in [3.05, 3.63) is 88.3 Å². The number of aromatic nitrogens is 1. The number of hydrogen-bond donors (Lipinski definition) is 1. The van der Waals surface area contributed by atoms with Crippen LogP contribution in [-0.2, 0) is 11.3 Å². The molecule has 0 aliphatic carbocycles. The van der Waals surface area contributed by atoms with Crippen molar-refractivity contribution in [2.24, 2.45) is 5.92 Å². The third-order valence-corrected chi connectivity index (χ3v) is 6.41. The van der Waals surface area contributed by atoms with Crippen LogP contribution >= 0.6 is 0 Å². The first-order valence-electron chi connectivity index (χ1n) is 11.0. The SMILES string of the molecule is CC(=O)Nc1ccc(-c2ccc(=O)n3c2[C@H]2C[C@@H](CN(C(=O)c4ccccc4)C2)C3)cc1. The molecule has 32 heavy (non-hydrogen) atoms. The number of benzene rings is 2. The Bertz CT molecular complexity index is 1230. The fourth-order valence-electron chi connectivity index (χ4n) is 5.12. The van der Waals surface area contributed by atoms with Crippen LogP contribution in [0.5, 0.6) is 0 Å². The molecule has 1 saturated heterocycles. The average Bonchev–Trinajstić information content (AvgIpc) is 2.80. The highest BCUT2D eigenvalue weighted by molar-refractivity contribution is 5.94. The van der Waals surface area contributed by atoms with Gasteiger partial charge in [-0.2, -0.15) is 0 Å². The molecule has 3 heterocycles. The fourth-order valence-corrected chi connectivity index (χ4v) is 5.12. The van der Waals surface area contributed by atoms with Crippen LogP contribution < -0.4 is 10.9 Å². The van der Waals surface area contributed by atoms with E-state index < -0.39 is 0 Å². The fraction of sp³-hybridized carbons (Fsp3) is 0.269. The Hall–Kier alpha value is -3.67. The van der Waals surface area contributed by atoms with Crippen LogP contribution in [0.15, 0.2) is 71.5 Å². The summed E-state index contributed by atoms with van der Waals surface area (Å²) in [6.07, 6.45) is 0.971. The zero-order valence-electron chi connectivity index (χ0n) is 18.0. The first-order chi connectivity index (χ1) is 15.5. The van der Waals surface area contributed by atoms with Gasteiger partial charge in [0.2, 0.25) is 5.91 Å². The van der Waals surface area contributed by atoms with Crippen molar-refractivity contribution in [2.45, 2.75) is 25.8 Å². The lowest BCUT2D eigenvalue weighted by molar-refractivity contribution is -0.114. The molecule has 0 saturated carbocycles. The van der Waals surface area contributed by atoms with Crippen molar-refractivity contribution in [1.29, 1.82) is 0 Å². The summed E-state index contributed by atoms with van der Waals surface area (Å²) >= 11 is 0. The van der Waals surface area contributed by atoms with E-state index in [0.717, 1.165) is 28.9 Å². The molecule has 0 spiro atoms. The van der Waals surface area contributed by atoms with Gasteiger partial charge in [0.15, 0.2) is 0 Å². The molecule has 1 fully saturated rings. The van der Waals surface area contributed by atoms with E-state index in [4.69, 9.17) is 0 Å². The predicted octanol–water partition coefficient (Wildman–Crippen LogP) is 3.73. The standard InChI is InChI=1S/C26H25N3O3/c1-17(30)27-22-9-7-19(8-10-22)23-11-12-24(31)29-15-18-13-21(25(23)29)16-28(14-18)26(32)20-5-3-2-4-6-20/h2-12,18,21H,13-16H2,1H3,(H,27,30)/t18-,21-/m0/s1. The van der Waals surface area contributed by atoms with E-state index in [1.54, 1.807) is 6.07 Å². The minimum Gasteiger partial charge on any atom is -0.338 e. The summed E-state index contributed by atoms with van der Waals surface area (Å²) in [4.78, 5) is 39.1. The Morgan fingerprint density at radius 3 is 2.38 bits per heavy atom. The molecule has 0 unspecified atom stereocenters. The van der Waals surface area contributed by atoms with Crippen molar-refractivity contribution < 1.29 is 9.59 Å². The lowest BCUT2D eigenvalue weighted by Gasteiger charge is -2.43. The Balaban J connectivity index is 1.50. The minimum atomic E-state index is -0.113. The van der Waals surface area contributed by atoms with Crippen LogP contribution in [-0.4, -0.2) is 34.4 Å². The quantitative estimate of drug-likeness (QED) is 0.692. The van der Waals surface area contributed by atoms with E-state index in [1.807, 2.05) is 70.1 Å². The van der Waals surface area contributed by atoms with Crippen molar-refractivity contribution in [3.63, 3.8) is 0 Å². The third-order valence-electron chi connectivity index (χ3n) is 6.41. The number of fused-ring (bicyclic) bond motifs is 4. The zero-order chi connectivity index (χ0) is 22.2. The van der Waals surface area contributed by atoms with Gasteiger partial charge in [0.05, 0.1) is 0 Å². The van der Waals surface area contributed by atoms with E-state index in [2.05, 4.69) is 5.32 Å². The van der Waals surface area contributed by atoms with E-state index >= 15 is 0 Å². The van der Waals surface area contributed by atoms with Crippen LogP contribution in [0.3, 0.4) is 0 Å². The number of hydrogen-bond acceptors (Lipinski definition) is 3. The van der Waals surface area contributed by atoms with Crippen LogP contribution in [0, 0.1) is 5.92 Å². The Kier molecular flexibility index (Phi) is 5.13. The number of carbonyl (C=O) groups excluding carboxylic acids is 2. The van der Waals surface area contributed by atoms with E-state index in [9.17, 15) is 14.4 Å². The number of amides is 2. The number of likely N-dealkylation sites (tertiary alicyclic amines) is 1. The van der Waals surface area contributed by atoms with Gasteiger partial charge in [0, 0.05) is 61.1 Å². The predicted molar refractivity (Wildman–Crippen MR) is 124 cm³/mol. The molecule has 1 aromatic heterocycles. The molecular weight excluding hydrogens is 402 g/mol. The first-order valence-corrected chi connectivity index (χ1v) is 11.0. The summed E-state index contributed by atoms with van der Waals surface area (Å²) in [6.45, 7) is 3.38. The highest BCUT2D eigenvalue weighted by atomic mass is 16.2. The largest absolute Gasteiger partial charge is 0.338 e. The van der Waals surface area contributed by atoms with Gasteiger partial charge in [0.25, 0.3) is 11.5 Å². The number of pyridine rings is 1. The van der Waals surface area contributed by atoms with E-state index in [-0.39, 0.29) is 29.2 Å². The maximum Gasteiger partial charge on any atom is 0.253 e. The molecule has 2 amide bonds. The number of rotatable bonds is 3. The summed E-state index contributed by atoms with van der Waals surface area (Å²) in [5, 5.41) is 2.79. The number of piperidine rings is 1. The van der Waals surface area contributed by atoms with E-state index in [0.29, 0.717) is 25.2 Å². The summed E-state index contributed by atoms with van der Waals surface area (Å²) in [5.74, 6) is 0.309. The summed E-state index contributed by atoms with van der Waals surface area (Å²) in [5.41, 5.74) is 4.46. The second-order valence-electron chi connectivity index (χ2n) is 8.71. The molecule has 5 rings (SSSR count). The minimum absolute atomic E-state index is 0.0103. The van der Waals surface area contributed by atoms with Gasteiger partial charge in [-0.05, 0) is 48.2 Å². The van der Waals surface area contributed by atoms with Gasteiger partial charge >= 0.3 is 0 Å². The number of nitrogens with one attached hydrogen (secondary N) is 1. The zero-order valence-corrected chi connectivity index (χ0v) is 18.0. The molecule has 6 heteroatoms. The molecule has 162 valence electrons. The summed E-state index contributed by atoms with van der Waals surface area (Å²) < 4.78 is 1.90. The molecule has 2 aromatic carbocycles. The van der Waals surface area contributed by atoms with Gasteiger partial charge in [-0.25, -0.2) is 0 Å². The van der Waals surface area contributed by atoms with Crippen molar-refractivity contribution >= 4 is 17.5 Å². The number of nitrogens with zero attached hydrogens (tertiary/aromatic N) is 2. The highest BCUT2D eigenvalue weighted by Gasteiger charge is 2.38. The van der Waals surface area contributed by atoms with Crippen molar-refractivity contribution in [3.8, 4) is 11.1 Å². The molecular formula is C26H25N3O3. The van der Waals surface area contributed by atoms with Gasteiger partial charge in [-0.3, -0.25) is 14.4 Å². The molecule has 2 atom stereocenters. The Morgan fingerprint density at radius 2 is 1.66 bits per heavy atom. The second-order valence-corrected chi connectivity index (χ2v) is 8.71. The van der Waals surface area contributed by atoms with Gasteiger partial charge in [-0.15, -0.1) is 0 Å². The molecule has 2 aliphatic rings. The molecule has 2 aliphatic heterocycles. The summed E-state index contributed by atoms with van der Waals surface area (Å²) in [6, 6.07) is 20.6. The van der Waals surface area contributed by atoms with Gasteiger partial charge in [0.1, 0.15) is 0 Å². The number of carbonyl (C=O) groups is 2. The lowest BCUT2D eigenvalue weighted by atomic mass is 9.80. The first kappa shape index (κ1) is 20.2. The van der Waals surface area contributed by atoms with Crippen LogP contribution in [0.2, 0.25) is 0 Å². The third kappa shape index (κ3) is 3.73. The van der Waals surface area contributed by atoms with Crippen LogP contribution in [0.1, 0.15) is 35.3 Å². The average molecular weight is 428 g/mol. The van der Waals surface area contributed by atoms with Crippen molar-refractivity contribution in [1.82, 2.24) is 9.47 Å². The molecule has 6 nitrogen and oxygen atoms in total.